The maximum atomic E-state index is 11.2. The van der Waals surface area contributed by atoms with Crippen LogP contribution in [0.15, 0.2) is 42.5 Å². The molecular weight excluding hydrogens is 260 g/mol. The lowest BCUT2D eigenvalue weighted by molar-refractivity contribution is -0.120. The Morgan fingerprint density at radius 1 is 0.905 bits per heavy atom. The van der Waals surface area contributed by atoms with Crippen LogP contribution in [0.1, 0.15) is 27.8 Å². The summed E-state index contributed by atoms with van der Waals surface area (Å²) < 4.78 is 0. The Hall–Kier alpha value is -2.13. The van der Waals surface area contributed by atoms with E-state index in [1.165, 1.54) is 22.3 Å². The van der Waals surface area contributed by atoms with Crippen LogP contribution in [0.25, 0.3) is 0 Å². The van der Waals surface area contributed by atoms with E-state index in [1.807, 2.05) is 12.1 Å². The van der Waals surface area contributed by atoms with E-state index >= 15 is 0 Å². The number of nitrogens with two attached hydrogens (primary N) is 1. The molecule has 21 heavy (non-hydrogen) atoms. The third-order valence-corrected chi connectivity index (χ3v) is 3.82. The van der Waals surface area contributed by atoms with E-state index in [2.05, 4.69) is 49.6 Å². The maximum absolute atomic E-state index is 11.2. The average molecular weight is 282 g/mol. The lowest BCUT2D eigenvalue weighted by Crippen LogP contribution is -2.31. The predicted octanol–water partition coefficient (Wildman–Crippen LogP) is 2.62. The summed E-state index contributed by atoms with van der Waals surface area (Å²) in [6, 6.07) is 14.8. The summed E-state index contributed by atoms with van der Waals surface area (Å²) in [7, 11) is 0. The normalized spacial score (nSPS) is 10.4. The number of nitrogens with one attached hydrogen (secondary N) is 1. The van der Waals surface area contributed by atoms with Crippen LogP contribution in [0.4, 0.5) is 0 Å². The van der Waals surface area contributed by atoms with Gasteiger partial charge in [0.05, 0.1) is 6.42 Å². The van der Waals surface area contributed by atoms with Gasteiger partial charge in [-0.15, -0.1) is 0 Å². The monoisotopic (exact) mass is 282 g/mol. The molecule has 110 valence electrons. The molecular formula is C18H22N2O. The van der Waals surface area contributed by atoms with E-state index < -0.39 is 0 Å². The molecule has 3 nitrogen and oxygen atoms in total. The lowest BCUT2D eigenvalue weighted by Gasteiger charge is -2.06. The van der Waals surface area contributed by atoms with Crippen molar-refractivity contribution in [2.24, 2.45) is 5.84 Å². The second-order valence-corrected chi connectivity index (χ2v) is 5.48. The van der Waals surface area contributed by atoms with Crippen molar-refractivity contribution in [1.29, 1.82) is 0 Å². The molecule has 0 atom stereocenters. The molecule has 2 aromatic carbocycles. The van der Waals surface area contributed by atoms with Gasteiger partial charge in [-0.3, -0.25) is 10.2 Å². The highest BCUT2D eigenvalue weighted by molar-refractivity contribution is 5.77. The summed E-state index contributed by atoms with van der Waals surface area (Å²) in [4.78, 5) is 11.2. The van der Waals surface area contributed by atoms with Crippen LogP contribution < -0.4 is 11.3 Å². The van der Waals surface area contributed by atoms with Gasteiger partial charge in [-0.1, -0.05) is 42.5 Å². The van der Waals surface area contributed by atoms with Gasteiger partial charge < -0.3 is 0 Å². The topological polar surface area (TPSA) is 55.1 Å². The summed E-state index contributed by atoms with van der Waals surface area (Å²) in [6.45, 7) is 4.28. The molecule has 0 unspecified atom stereocenters. The zero-order valence-corrected chi connectivity index (χ0v) is 12.6. The molecule has 0 fully saturated rings. The molecule has 3 N–H and O–H groups in total. The van der Waals surface area contributed by atoms with Crippen LogP contribution in [0, 0.1) is 13.8 Å². The number of rotatable bonds is 5. The van der Waals surface area contributed by atoms with Crippen LogP contribution in [-0.2, 0) is 24.1 Å². The number of hydrogen-bond acceptors (Lipinski definition) is 2. The fourth-order valence-corrected chi connectivity index (χ4v) is 2.31. The number of hydrogen-bond donors (Lipinski definition) is 2. The summed E-state index contributed by atoms with van der Waals surface area (Å²) in [5.41, 5.74) is 8.45. The summed E-state index contributed by atoms with van der Waals surface area (Å²) in [6.07, 6.45) is 2.36. The SMILES string of the molecule is Cc1ccc(CCc2ccc(CC(=O)NN)cc2)cc1C. The number of hydrazine groups is 1. The molecule has 0 spiro atoms. The fraction of sp³-hybridized carbons (Fsp3) is 0.278. The minimum atomic E-state index is -0.169. The molecule has 2 aromatic rings. The first kappa shape index (κ1) is 15.3. The fourth-order valence-electron chi connectivity index (χ4n) is 2.31. The highest BCUT2D eigenvalue weighted by Crippen LogP contribution is 2.13. The van der Waals surface area contributed by atoms with E-state index in [1.54, 1.807) is 0 Å². The van der Waals surface area contributed by atoms with Crippen LogP contribution >= 0.6 is 0 Å². The van der Waals surface area contributed by atoms with Gasteiger partial charge in [0.1, 0.15) is 0 Å². The molecule has 0 saturated carbocycles. The highest BCUT2D eigenvalue weighted by Gasteiger charge is 2.02. The largest absolute Gasteiger partial charge is 0.294 e. The molecule has 0 aromatic heterocycles. The Labute approximate surface area is 126 Å². The molecule has 3 heteroatoms. The quantitative estimate of drug-likeness (QED) is 0.503. The van der Waals surface area contributed by atoms with Gasteiger partial charge in [-0.05, 0) is 54.5 Å². The van der Waals surface area contributed by atoms with Gasteiger partial charge in [0.25, 0.3) is 0 Å². The number of carbonyl (C=O) groups excluding carboxylic acids is 1. The summed E-state index contributed by atoms with van der Waals surface area (Å²) in [5, 5.41) is 0. The van der Waals surface area contributed by atoms with Gasteiger partial charge in [0, 0.05) is 0 Å². The first-order valence-electron chi connectivity index (χ1n) is 7.22. The predicted molar refractivity (Wildman–Crippen MR) is 85.8 cm³/mol. The highest BCUT2D eigenvalue weighted by atomic mass is 16.2. The standard InChI is InChI=1S/C18H22N2O/c1-13-3-4-16(11-14(13)2)8-5-15-6-9-17(10-7-15)12-18(21)20-19/h3-4,6-7,9-11H,5,8,12,19H2,1-2H3,(H,20,21). The Morgan fingerprint density at radius 3 is 2.10 bits per heavy atom. The van der Waals surface area contributed by atoms with Crippen LogP contribution in [0.5, 0.6) is 0 Å². The first-order valence-corrected chi connectivity index (χ1v) is 7.22. The zero-order chi connectivity index (χ0) is 15.2. The Bertz CT molecular complexity index is 618. The second-order valence-electron chi connectivity index (χ2n) is 5.48. The molecule has 0 bridgehead atoms. The van der Waals surface area contributed by atoms with Gasteiger partial charge in [-0.2, -0.15) is 0 Å². The molecule has 0 saturated heterocycles. The van der Waals surface area contributed by atoms with Crippen molar-refractivity contribution >= 4 is 5.91 Å². The molecule has 0 aliphatic rings. The Kier molecular flexibility index (Phi) is 5.12. The van der Waals surface area contributed by atoms with E-state index in [-0.39, 0.29) is 5.91 Å². The van der Waals surface area contributed by atoms with E-state index in [0.29, 0.717) is 6.42 Å². The van der Waals surface area contributed by atoms with Gasteiger partial charge in [0.2, 0.25) is 5.91 Å². The van der Waals surface area contributed by atoms with Gasteiger partial charge >= 0.3 is 0 Å². The van der Waals surface area contributed by atoms with Crippen LogP contribution in [0.3, 0.4) is 0 Å². The zero-order valence-electron chi connectivity index (χ0n) is 12.6. The minimum absolute atomic E-state index is 0.169. The maximum Gasteiger partial charge on any atom is 0.238 e. The first-order chi connectivity index (χ1) is 10.1. The Morgan fingerprint density at radius 2 is 1.48 bits per heavy atom. The number of aryl methyl sites for hydroxylation is 4. The van der Waals surface area contributed by atoms with Crippen LogP contribution in [0.2, 0.25) is 0 Å². The summed E-state index contributed by atoms with van der Waals surface area (Å²) >= 11 is 0. The number of benzene rings is 2. The van der Waals surface area contributed by atoms with Crippen molar-refractivity contribution in [2.75, 3.05) is 0 Å². The molecule has 1 amide bonds. The number of carbonyl (C=O) groups is 1. The molecule has 2 rings (SSSR count). The van der Waals surface area contributed by atoms with Crippen molar-refractivity contribution < 1.29 is 4.79 Å². The van der Waals surface area contributed by atoms with E-state index in [9.17, 15) is 4.79 Å². The minimum Gasteiger partial charge on any atom is -0.294 e. The number of amides is 1. The van der Waals surface area contributed by atoms with Gasteiger partial charge in [-0.25, -0.2) is 5.84 Å². The molecule has 0 heterocycles. The van der Waals surface area contributed by atoms with Crippen LogP contribution in [-0.4, -0.2) is 5.91 Å². The van der Waals surface area contributed by atoms with Crippen molar-refractivity contribution in [3.8, 4) is 0 Å². The smallest absolute Gasteiger partial charge is 0.238 e. The van der Waals surface area contributed by atoms with E-state index in [4.69, 9.17) is 5.84 Å². The van der Waals surface area contributed by atoms with Crippen molar-refractivity contribution in [1.82, 2.24) is 5.43 Å². The molecule has 0 radical (unpaired) electrons. The van der Waals surface area contributed by atoms with Crippen molar-refractivity contribution in [2.45, 2.75) is 33.1 Å². The average Bonchev–Trinajstić information content (AvgIpc) is 2.50. The van der Waals surface area contributed by atoms with E-state index in [0.717, 1.165) is 18.4 Å². The summed E-state index contributed by atoms with van der Waals surface area (Å²) in [5.74, 6) is 4.92. The van der Waals surface area contributed by atoms with Gasteiger partial charge in [0.15, 0.2) is 0 Å². The lowest BCUT2D eigenvalue weighted by atomic mass is 9.99. The third kappa shape index (κ3) is 4.43. The molecule has 0 aliphatic carbocycles. The third-order valence-electron chi connectivity index (χ3n) is 3.82. The van der Waals surface area contributed by atoms with Crippen molar-refractivity contribution in [3.63, 3.8) is 0 Å². The molecule has 0 aliphatic heterocycles. The second kappa shape index (κ2) is 7.04. The Balaban J connectivity index is 1.94. The van der Waals surface area contributed by atoms with Crippen molar-refractivity contribution in [3.05, 3.63) is 70.3 Å².